The number of rotatable bonds is 4. The molecule has 0 heterocycles. The van der Waals surface area contributed by atoms with Crippen molar-refractivity contribution in [1.82, 2.24) is 5.32 Å². The number of aliphatic hydroxyl groups excluding tert-OH is 1. The molecule has 0 aromatic carbocycles. The highest BCUT2D eigenvalue weighted by molar-refractivity contribution is 4.98. The molecule has 3 unspecified atom stereocenters. The van der Waals surface area contributed by atoms with Crippen LogP contribution in [0.25, 0.3) is 0 Å². The highest BCUT2D eigenvalue weighted by Gasteiger charge is 2.15. The monoisotopic (exact) mass is 183 g/mol. The van der Waals surface area contributed by atoms with Crippen LogP contribution in [0.2, 0.25) is 0 Å². The van der Waals surface area contributed by atoms with Crippen LogP contribution in [-0.4, -0.2) is 23.8 Å². The van der Waals surface area contributed by atoms with Gasteiger partial charge in [-0.3, -0.25) is 0 Å². The fourth-order valence-electron chi connectivity index (χ4n) is 1.61. The van der Waals surface area contributed by atoms with Gasteiger partial charge in [0, 0.05) is 18.7 Å². The van der Waals surface area contributed by atoms with Crippen LogP contribution >= 0.6 is 0 Å². The molecule has 0 aromatic rings. The second-order valence-corrected chi connectivity index (χ2v) is 4.08. The van der Waals surface area contributed by atoms with Gasteiger partial charge in [0.2, 0.25) is 0 Å². The van der Waals surface area contributed by atoms with Gasteiger partial charge in [0.25, 0.3) is 0 Å². The summed E-state index contributed by atoms with van der Waals surface area (Å²) in [6.07, 6.45) is 8.25. The van der Waals surface area contributed by atoms with E-state index in [0.29, 0.717) is 18.0 Å². The van der Waals surface area contributed by atoms with Crippen molar-refractivity contribution < 1.29 is 5.11 Å². The first-order valence-corrected chi connectivity index (χ1v) is 5.27. The molecule has 76 valence electrons. The minimum Gasteiger partial charge on any atom is -0.396 e. The highest BCUT2D eigenvalue weighted by Crippen LogP contribution is 2.12. The first-order chi connectivity index (χ1) is 6.24. The van der Waals surface area contributed by atoms with Crippen LogP contribution in [0.15, 0.2) is 12.2 Å². The molecule has 0 spiro atoms. The molecule has 0 bridgehead atoms. The van der Waals surface area contributed by atoms with E-state index in [1.165, 1.54) is 19.3 Å². The lowest BCUT2D eigenvalue weighted by molar-refractivity contribution is 0.202. The molecule has 1 rings (SSSR count). The second kappa shape index (κ2) is 5.40. The predicted octanol–water partition coefficient (Wildman–Crippen LogP) is 1.70. The third-order valence-corrected chi connectivity index (χ3v) is 2.87. The third-order valence-electron chi connectivity index (χ3n) is 2.87. The van der Waals surface area contributed by atoms with E-state index < -0.39 is 0 Å². The van der Waals surface area contributed by atoms with Crippen molar-refractivity contribution in [2.75, 3.05) is 6.61 Å². The first kappa shape index (κ1) is 10.7. The number of hydrogen-bond acceptors (Lipinski definition) is 2. The summed E-state index contributed by atoms with van der Waals surface area (Å²) >= 11 is 0. The first-order valence-electron chi connectivity index (χ1n) is 5.27. The van der Waals surface area contributed by atoms with Crippen molar-refractivity contribution >= 4 is 0 Å². The Morgan fingerprint density at radius 1 is 1.54 bits per heavy atom. The van der Waals surface area contributed by atoms with Crippen LogP contribution in [0.4, 0.5) is 0 Å². The predicted molar refractivity (Wildman–Crippen MR) is 55.6 cm³/mol. The maximum atomic E-state index is 8.98. The zero-order valence-corrected chi connectivity index (χ0v) is 8.66. The standard InChI is InChI=1S/C11H21NO/c1-9(8-13)10(2)12-11-6-4-3-5-7-11/h4,6,9-13H,3,5,7-8H2,1-2H3. The van der Waals surface area contributed by atoms with Crippen molar-refractivity contribution in [1.29, 1.82) is 0 Å². The van der Waals surface area contributed by atoms with E-state index in [1.54, 1.807) is 0 Å². The molecule has 0 aromatic heterocycles. The van der Waals surface area contributed by atoms with Crippen LogP contribution in [0, 0.1) is 5.92 Å². The molecule has 13 heavy (non-hydrogen) atoms. The molecule has 0 saturated heterocycles. The Balaban J connectivity index is 2.30. The van der Waals surface area contributed by atoms with E-state index in [-0.39, 0.29) is 6.61 Å². The largest absolute Gasteiger partial charge is 0.396 e. The smallest absolute Gasteiger partial charge is 0.0471 e. The van der Waals surface area contributed by atoms with Gasteiger partial charge in [-0.05, 0) is 32.1 Å². The van der Waals surface area contributed by atoms with Crippen molar-refractivity contribution in [3.05, 3.63) is 12.2 Å². The lowest BCUT2D eigenvalue weighted by Gasteiger charge is -2.26. The Bertz CT molecular complexity index is 167. The quantitative estimate of drug-likeness (QED) is 0.650. The van der Waals surface area contributed by atoms with Gasteiger partial charge >= 0.3 is 0 Å². The molecule has 1 aliphatic rings. The summed E-state index contributed by atoms with van der Waals surface area (Å²) < 4.78 is 0. The molecule has 2 heteroatoms. The fourth-order valence-corrected chi connectivity index (χ4v) is 1.61. The van der Waals surface area contributed by atoms with Gasteiger partial charge in [-0.15, -0.1) is 0 Å². The summed E-state index contributed by atoms with van der Waals surface area (Å²) in [5.41, 5.74) is 0. The van der Waals surface area contributed by atoms with Crippen LogP contribution < -0.4 is 5.32 Å². The summed E-state index contributed by atoms with van der Waals surface area (Å²) in [5, 5.41) is 12.5. The van der Waals surface area contributed by atoms with Gasteiger partial charge in [-0.1, -0.05) is 19.1 Å². The molecule has 2 N–H and O–H groups in total. The van der Waals surface area contributed by atoms with Gasteiger partial charge in [0.1, 0.15) is 0 Å². The van der Waals surface area contributed by atoms with Crippen LogP contribution in [0.1, 0.15) is 33.1 Å². The maximum absolute atomic E-state index is 8.98. The zero-order valence-electron chi connectivity index (χ0n) is 8.66. The average Bonchev–Trinajstić information content (AvgIpc) is 2.18. The Kier molecular flexibility index (Phi) is 4.46. The van der Waals surface area contributed by atoms with Crippen LogP contribution in [0.5, 0.6) is 0 Å². The minimum atomic E-state index is 0.268. The third kappa shape index (κ3) is 3.49. The lowest BCUT2D eigenvalue weighted by Crippen LogP contribution is -2.40. The Hall–Kier alpha value is -0.340. The van der Waals surface area contributed by atoms with Crippen molar-refractivity contribution in [3.8, 4) is 0 Å². The van der Waals surface area contributed by atoms with E-state index in [2.05, 4.69) is 31.3 Å². The normalized spacial score (nSPS) is 27.2. The molecule has 1 aliphatic carbocycles. The van der Waals surface area contributed by atoms with Gasteiger partial charge in [-0.2, -0.15) is 0 Å². The molecular weight excluding hydrogens is 162 g/mol. The molecule has 0 saturated carbocycles. The SMILES string of the molecule is CC(CO)C(C)NC1C=CCCC1. The molecule has 2 nitrogen and oxygen atoms in total. The average molecular weight is 183 g/mol. The molecule has 0 fully saturated rings. The molecule has 0 amide bonds. The lowest BCUT2D eigenvalue weighted by atomic mass is 9.99. The van der Waals surface area contributed by atoms with E-state index >= 15 is 0 Å². The minimum absolute atomic E-state index is 0.268. The van der Waals surface area contributed by atoms with Crippen LogP contribution in [0.3, 0.4) is 0 Å². The summed E-state index contributed by atoms with van der Waals surface area (Å²) in [6.45, 7) is 4.48. The van der Waals surface area contributed by atoms with E-state index in [9.17, 15) is 0 Å². The fraction of sp³-hybridized carbons (Fsp3) is 0.818. The number of hydrogen-bond donors (Lipinski definition) is 2. The Morgan fingerprint density at radius 2 is 2.31 bits per heavy atom. The second-order valence-electron chi connectivity index (χ2n) is 4.08. The number of allylic oxidation sites excluding steroid dienone is 1. The van der Waals surface area contributed by atoms with Crippen LogP contribution in [-0.2, 0) is 0 Å². The van der Waals surface area contributed by atoms with Gasteiger partial charge in [0.05, 0.1) is 0 Å². The van der Waals surface area contributed by atoms with Gasteiger partial charge < -0.3 is 10.4 Å². The molecular formula is C11H21NO. The zero-order chi connectivity index (χ0) is 9.68. The Morgan fingerprint density at radius 3 is 2.85 bits per heavy atom. The van der Waals surface area contributed by atoms with E-state index in [0.717, 1.165) is 0 Å². The molecule has 0 radical (unpaired) electrons. The summed E-state index contributed by atoms with van der Waals surface area (Å²) in [7, 11) is 0. The topological polar surface area (TPSA) is 32.3 Å². The highest BCUT2D eigenvalue weighted by atomic mass is 16.3. The van der Waals surface area contributed by atoms with Crippen molar-refractivity contribution in [3.63, 3.8) is 0 Å². The number of nitrogens with one attached hydrogen (secondary N) is 1. The van der Waals surface area contributed by atoms with Crippen molar-refractivity contribution in [2.45, 2.75) is 45.2 Å². The Labute approximate surface area is 81.0 Å². The van der Waals surface area contributed by atoms with E-state index in [4.69, 9.17) is 5.11 Å². The summed E-state index contributed by atoms with van der Waals surface area (Å²) in [5.74, 6) is 0.343. The molecule has 3 atom stereocenters. The summed E-state index contributed by atoms with van der Waals surface area (Å²) in [6, 6.07) is 0.926. The van der Waals surface area contributed by atoms with Gasteiger partial charge in [-0.25, -0.2) is 0 Å². The maximum Gasteiger partial charge on any atom is 0.0471 e. The summed E-state index contributed by atoms with van der Waals surface area (Å²) in [4.78, 5) is 0. The van der Waals surface area contributed by atoms with E-state index in [1.807, 2.05) is 0 Å². The number of aliphatic hydroxyl groups is 1. The van der Waals surface area contributed by atoms with Crippen molar-refractivity contribution in [2.24, 2.45) is 5.92 Å². The molecule has 0 aliphatic heterocycles. The van der Waals surface area contributed by atoms with Gasteiger partial charge in [0.15, 0.2) is 0 Å².